The first kappa shape index (κ1) is 22.7. The molecule has 1 heterocycles. The van der Waals surface area contributed by atoms with Crippen molar-refractivity contribution in [2.45, 2.75) is 63.7 Å². The van der Waals surface area contributed by atoms with Crippen molar-refractivity contribution >= 4 is 18.0 Å². The number of nitrogens with one attached hydrogen (secondary N) is 1. The topological polar surface area (TPSA) is 119 Å². The second kappa shape index (κ2) is 8.82. The van der Waals surface area contributed by atoms with E-state index in [0.717, 1.165) is 5.56 Å². The van der Waals surface area contributed by atoms with Crippen LogP contribution in [0.4, 0.5) is 4.79 Å². The van der Waals surface area contributed by atoms with Gasteiger partial charge in [0.05, 0.1) is 23.5 Å². The fourth-order valence-corrected chi connectivity index (χ4v) is 3.46. The van der Waals surface area contributed by atoms with Gasteiger partial charge >= 0.3 is 6.09 Å². The van der Waals surface area contributed by atoms with E-state index in [9.17, 15) is 24.6 Å². The number of nitrogens with zero attached hydrogens (tertiary/aromatic N) is 1. The molecular weight excluding hydrogens is 376 g/mol. The van der Waals surface area contributed by atoms with Crippen LogP contribution < -0.4 is 10.4 Å². The van der Waals surface area contributed by atoms with Crippen LogP contribution in [-0.2, 0) is 19.7 Å². The Bertz CT molecular complexity index is 733. The summed E-state index contributed by atoms with van der Waals surface area (Å²) in [5.41, 5.74) is -0.923. The quantitative estimate of drug-likeness (QED) is 0.739. The molecule has 1 aliphatic rings. The molecule has 29 heavy (non-hydrogen) atoms. The Hall–Kier alpha value is -2.61. The number of carboxylic acid groups (broad SMARTS) is 1. The number of carbonyl (C=O) groups excluding carboxylic acids is 3. The molecular formula is C21H29N2O6-. The zero-order valence-corrected chi connectivity index (χ0v) is 17.3. The summed E-state index contributed by atoms with van der Waals surface area (Å²) in [7, 11) is 0. The molecule has 8 nitrogen and oxygen atoms in total. The van der Waals surface area contributed by atoms with Crippen molar-refractivity contribution in [3.63, 3.8) is 0 Å². The fraction of sp³-hybridized carbons (Fsp3) is 0.571. The standard InChI is InChI=1S/C21H30N2O6/c1-14(24)16(17(25)26)22-18(27)21(15-8-6-5-7-9-15)10-12-23(13-11-21)19(28)29-20(2,3)4/h5-9,14,16,24H,10-13H2,1-4H3,(H,22,27)(H,25,26)/p-1/t14-,16-/m1/s1. The van der Waals surface area contributed by atoms with Crippen LogP contribution in [0.25, 0.3) is 0 Å². The first-order valence-electron chi connectivity index (χ1n) is 9.69. The monoisotopic (exact) mass is 405 g/mol. The maximum Gasteiger partial charge on any atom is 0.410 e. The average Bonchev–Trinajstić information content (AvgIpc) is 2.64. The smallest absolute Gasteiger partial charge is 0.410 e. The van der Waals surface area contributed by atoms with Crippen LogP contribution in [0.2, 0.25) is 0 Å². The van der Waals surface area contributed by atoms with Crippen LogP contribution in [0.5, 0.6) is 0 Å². The second-order valence-electron chi connectivity index (χ2n) is 8.43. The highest BCUT2D eigenvalue weighted by Gasteiger charge is 2.45. The predicted molar refractivity (Wildman–Crippen MR) is 104 cm³/mol. The Morgan fingerprint density at radius 1 is 1.17 bits per heavy atom. The number of amides is 2. The lowest BCUT2D eigenvalue weighted by Gasteiger charge is -2.42. The van der Waals surface area contributed by atoms with Crippen molar-refractivity contribution in [3.8, 4) is 0 Å². The molecule has 1 aromatic carbocycles. The van der Waals surface area contributed by atoms with Gasteiger partial charge in [-0.25, -0.2) is 4.79 Å². The number of piperidine rings is 1. The highest BCUT2D eigenvalue weighted by atomic mass is 16.6. The van der Waals surface area contributed by atoms with E-state index in [1.165, 1.54) is 6.92 Å². The molecule has 0 unspecified atom stereocenters. The van der Waals surface area contributed by atoms with Crippen molar-refractivity contribution in [2.24, 2.45) is 0 Å². The summed E-state index contributed by atoms with van der Waals surface area (Å²) < 4.78 is 5.41. The number of aliphatic hydroxyl groups is 1. The largest absolute Gasteiger partial charge is 0.548 e. The maximum atomic E-state index is 13.2. The van der Waals surface area contributed by atoms with Crippen molar-refractivity contribution in [1.29, 1.82) is 0 Å². The van der Waals surface area contributed by atoms with E-state index in [1.807, 2.05) is 6.07 Å². The molecule has 2 rings (SSSR count). The van der Waals surface area contributed by atoms with Gasteiger partial charge in [-0.1, -0.05) is 30.3 Å². The lowest BCUT2D eigenvalue weighted by atomic mass is 9.71. The van der Waals surface area contributed by atoms with E-state index in [4.69, 9.17) is 4.74 Å². The minimum Gasteiger partial charge on any atom is -0.548 e. The Kier molecular flexibility index (Phi) is 6.89. The average molecular weight is 405 g/mol. The van der Waals surface area contributed by atoms with Gasteiger partial charge in [0, 0.05) is 13.1 Å². The predicted octanol–water partition coefficient (Wildman–Crippen LogP) is 0.571. The fourth-order valence-electron chi connectivity index (χ4n) is 3.46. The summed E-state index contributed by atoms with van der Waals surface area (Å²) in [5, 5.41) is 23.4. The lowest BCUT2D eigenvalue weighted by molar-refractivity contribution is -0.310. The Morgan fingerprint density at radius 3 is 2.17 bits per heavy atom. The first-order chi connectivity index (χ1) is 13.5. The molecule has 8 heteroatoms. The first-order valence-corrected chi connectivity index (χ1v) is 9.69. The van der Waals surface area contributed by atoms with E-state index >= 15 is 0 Å². The Morgan fingerprint density at radius 2 is 1.72 bits per heavy atom. The third kappa shape index (κ3) is 5.47. The molecule has 1 saturated heterocycles. The molecule has 0 saturated carbocycles. The summed E-state index contributed by atoms with van der Waals surface area (Å²) in [6, 6.07) is 7.51. The summed E-state index contributed by atoms with van der Waals surface area (Å²) in [4.78, 5) is 38.4. The van der Waals surface area contributed by atoms with Crippen molar-refractivity contribution in [3.05, 3.63) is 35.9 Å². The number of carbonyl (C=O) groups is 3. The molecule has 1 aromatic rings. The summed E-state index contributed by atoms with van der Waals surface area (Å²) in [5.74, 6) is -2.06. The summed E-state index contributed by atoms with van der Waals surface area (Å²) in [6.45, 7) is 7.19. The normalized spacial score (nSPS) is 18.4. The third-order valence-corrected chi connectivity index (χ3v) is 5.05. The van der Waals surface area contributed by atoms with Gasteiger partial charge in [-0.3, -0.25) is 4.79 Å². The number of hydrogen-bond donors (Lipinski definition) is 2. The Balaban J connectivity index is 2.25. The van der Waals surface area contributed by atoms with E-state index < -0.39 is 41.1 Å². The number of aliphatic hydroxyl groups excluding tert-OH is 1. The minimum atomic E-state index is -1.55. The van der Waals surface area contributed by atoms with E-state index in [2.05, 4.69) is 5.32 Å². The van der Waals surface area contributed by atoms with Gasteiger partial charge in [-0.2, -0.15) is 0 Å². The molecule has 2 N–H and O–H groups in total. The highest BCUT2D eigenvalue weighted by molar-refractivity contribution is 5.91. The molecule has 0 bridgehead atoms. The van der Waals surface area contributed by atoms with E-state index in [1.54, 1.807) is 49.9 Å². The lowest BCUT2D eigenvalue weighted by Crippen LogP contribution is -2.60. The minimum absolute atomic E-state index is 0.280. The highest BCUT2D eigenvalue weighted by Crippen LogP contribution is 2.36. The number of aliphatic carboxylic acids is 1. The van der Waals surface area contributed by atoms with Gasteiger partial charge < -0.3 is 30.0 Å². The van der Waals surface area contributed by atoms with Crippen LogP contribution in [-0.4, -0.2) is 58.8 Å². The summed E-state index contributed by atoms with van der Waals surface area (Å²) >= 11 is 0. The number of likely N-dealkylation sites (tertiary alicyclic amines) is 1. The van der Waals surface area contributed by atoms with Crippen LogP contribution in [0.15, 0.2) is 30.3 Å². The van der Waals surface area contributed by atoms with Crippen molar-refractivity contribution in [2.75, 3.05) is 13.1 Å². The van der Waals surface area contributed by atoms with E-state index in [0.29, 0.717) is 12.8 Å². The SMILES string of the molecule is C[C@@H](O)[C@@H](NC(=O)C1(c2ccccc2)CCN(C(=O)OC(C)(C)C)CC1)C(=O)[O-]. The van der Waals surface area contributed by atoms with Gasteiger partial charge in [0.1, 0.15) is 5.60 Å². The zero-order valence-electron chi connectivity index (χ0n) is 17.3. The molecule has 1 aliphatic heterocycles. The molecule has 2 amide bonds. The van der Waals surface area contributed by atoms with Crippen molar-refractivity contribution < 1.29 is 29.3 Å². The van der Waals surface area contributed by atoms with Crippen LogP contribution in [0, 0.1) is 0 Å². The maximum absolute atomic E-state index is 13.2. The molecule has 0 radical (unpaired) electrons. The molecule has 0 aromatic heterocycles. The van der Waals surface area contributed by atoms with Gasteiger partial charge in [-0.05, 0) is 46.1 Å². The second-order valence-corrected chi connectivity index (χ2v) is 8.43. The van der Waals surface area contributed by atoms with Crippen molar-refractivity contribution in [1.82, 2.24) is 10.2 Å². The molecule has 2 atom stereocenters. The summed E-state index contributed by atoms with van der Waals surface area (Å²) in [6.07, 6.45) is -1.17. The van der Waals surface area contributed by atoms with Gasteiger partial charge in [0.15, 0.2) is 0 Å². The molecule has 0 spiro atoms. The zero-order chi connectivity index (χ0) is 21.8. The Labute approximate surface area is 170 Å². The van der Waals surface area contributed by atoms with E-state index in [-0.39, 0.29) is 13.1 Å². The number of carboxylic acids is 1. The number of hydrogen-bond acceptors (Lipinski definition) is 6. The number of ether oxygens (including phenoxy) is 1. The molecule has 160 valence electrons. The van der Waals surface area contributed by atoms with Gasteiger partial charge in [-0.15, -0.1) is 0 Å². The number of benzene rings is 1. The number of rotatable bonds is 5. The van der Waals surface area contributed by atoms with Crippen LogP contribution in [0.1, 0.15) is 46.1 Å². The van der Waals surface area contributed by atoms with Crippen LogP contribution in [0.3, 0.4) is 0 Å². The third-order valence-electron chi connectivity index (χ3n) is 5.05. The van der Waals surface area contributed by atoms with Crippen LogP contribution >= 0.6 is 0 Å². The molecule has 1 fully saturated rings. The van der Waals surface area contributed by atoms with Gasteiger partial charge in [0.25, 0.3) is 0 Å². The van der Waals surface area contributed by atoms with Gasteiger partial charge in [0.2, 0.25) is 5.91 Å². The molecule has 0 aliphatic carbocycles.